The molecule has 0 saturated carbocycles. The summed E-state index contributed by atoms with van der Waals surface area (Å²) in [6, 6.07) is 9.72. The highest BCUT2D eigenvalue weighted by atomic mass is 16.3. The van der Waals surface area contributed by atoms with E-state index in [1.54, 1.807) is 6.20 Å². The van der Waals surface area contributed by atoms with Gasteiger partial charge in [0.1, 0.15) is 17.6 Å². The Bertz CT molecular complexity index is 1640. The Hall–Kier alpha value is -4.64. The molecule has 11 nitrogen and oxygen atoms in total. The number of rotatable bonds is 6. The van der Waals surface area contributed by atoms with Crippen LogP contribution in [0, 0.1) is 6.92 Å². The number of imidazole rings is 1. The number of nitrogen functional groups attached to an aromatic ring is 1. The van der Waals surface area contributed by atoms with E-state index in [1.807, 2.05) is 41.8 Å². The van der Waals surface area contributed by atoms with Crippen molar-refractivity contribution >= 4 is 17.4 Å². The molecule has 1 fully saturated rings. The molecule has 5 aromatic heterocycles. The van der Waals surface area contributed by atoms with Gasteiger partial charge < -0.3 is 24.8 Å². The zero-order valence-electron chi connectivity index (χ0n) is 21.8. The molecule has 1 aliphatic rings. The van der Waals surface area contributed by atoms with Gasteiger partial charge in [0.05, 0.1) is 18.4 Å². The third kappa shape index (κ3) is 4.96. The zero-order chi connectivity index (χ0) is 26.9. The molecule has 1 saturated heterocycles. The van der Waals surface area contributed by atoms with E-state index in [4.69, 9.17) is 15.1 Å². The summed E-state index contributed by atoms with van der Waals surface area (Å²) in [6.07, 6.45) is 8.81. The van der Waals surface area contributed by atoms with E-state index in [-0.39, 0.29) is 23.9 Å². The largest absolute Gasteiger partial charge is 0.443 e. The molecule has 6 heterocycles. The van der Waals surface area contributed by atoms with Gasteiger partial charge in [0.15, 0.2) is 17.2 Å². The van der Waals surface area contributed by atoms with Crippen LogP contribution in [0.3, 0.4) is 0 Å². The van der Waals surface area contributed by atoms with Crippen molar-refractivity contribution in [3.63, 3.8) is 0 Å². The number of carbonyl (C=O) groups excluding carboxylic acids is 1. The Kier molecular flexibility index (Phi) is 6.49. The number of carbonyl (C=O) groups is 1. The van der Waals surface area contributed by atoms with Crippen molar-refractivity contribution in [3.8, 4) is 22.8 Å². The quantitative estimate of drug-likeness (QED) is 0.342. The van der Waals surface area contributed by atoms with Gasteiger partial charge in [-0.15, -0.1) is 0 Å². The molecular formula is C28H29N9O2. The monoisotopic (exact) mass is 523 g/mol. The fourth-order valence-electron chi connectivity index (χ4n) is 4.93. The number of hydrogen-bond donors (Lipinski definition) is 2. The third-order valence-electron chi connectivity index (χ3n) is 7.13. The maximum Gasteiger partial charge on any atom is 0.274 e. The summed E-state index contributed by atoms with van der Waals surface area (Å²) in [4.78, 5) is 38.2. The van der Waals surface area contributed by atoms with Crippen molar-refractivity contribution in [2.75, 3.05) is 25.9 Å². The molecule has 0 spiro atoms. The van der Waals surface area contributed by atoms with E-state index < -0.39 is 5.91 Å². The van der Waals surface area contributed by atoms with Gasteiger partial charge >= 0.3 is 0 Å². The number of aromatic nitrogens is 6. The minimum Gasteiger partial charge on any atom is -0.443 e. The lowest BCUT2D eigenvalue weighted by Crippen LogP contribution is -2.30. The second-order valence-electron chi connectivity index (χ2n) is 9.85. The van der Waals surface area contributed by atoms with Crippen molar-refractivity contribution in [1.29, 1.82) is 0 Å². The zero-order valence-corrected chi connectivity index (χ0v) is 21.8. The number of likely N-dealkylation sites (tertiary alicyclic amines) is 1. The van der Waals surface area contributed by atoms with Gasteiger partial charge in [-0.3, -0.25) is 9.78 Å². The van der Waals surface area contributed by atoms with Crippen LogP contribution in [0.15, 0.2) is 59.6 Å². The third-order valence-corrected chi connectivity index (χ3v) is 7.13. The first kappa shape index (κ1) is 24.7. The van der Waals surface area contributed by atoms with Crippen LogP contribution in [-0.4, -0.2) is 60.3 Å². The van der Waals surface area contributed by atoms with Crippen LogP contribution in [0.1, 0.15) is 46.3 Å². The molecule has 6 rings (SSSR count). The van der Waals surface area contributed by atoms with Gasteiger partial charge in [-0.05, 0) is 64.2 Å². The number of aryl methyl sites for hydroxylation is 1. The fraction of sp³-hybridized carbons (Fsp3) is 0.286. The van der Waals surface area contributed by atoms with Gasteiger partial charge in [-0.25, -0.2) is 19.9 Å². The van der Waals surface area contributed by atoms with Gasteiger partial charge in [0.25, 0.3) is 5.91 Å². The van der Waals surface area contributed by atoms with E-state index in [0.717, 1.165) is 48.7 Å². The van der Waals surface area contributed by atoms with Crippen LogP contribution < -0.4 is 11.1 Å². The number of amides is 1. The predicted octanol–water partition coefficient (Wildman–Crippen LogP) is 3.47. The van der Waals surface area contributed by atoms with Crippen molar-refractivity contribution in [1.82, 2.24) is 39.5 Å². The van der Waals surface area contributed by atoms with E-state index >= 15 is 0 Å². The Labute approximate surface area is 225 Å². The standard InChI is InChI=1S/C28H29N9O2/c1-17-14-31-22-7-6-19(16-37(17)22)23-24(28-30-10-13-39-28)35-26(29)25(34-23)27(38)32-15-20-4-3-5-21(33-20)18-8-11-36(2)12-9-18/h3-7,10,13-14,16,18H,8-9,11-12,15H2,1-2H3,(H2,29,35)(H,32,38). The SMILES string of the molecule is Cc1cnc2ccc(-c3nc(C(=O)NCc4cccc(C5CCN(C)CC5)n4)c(N)nc3-c3ncco3)cn12. The number of piperidine rings is 1. The second kappa shape index (κ2) is 10.3. The van der Waals surface area contributed by atoms with E-state index in [0.29, 0.717) is 22.9 Å². The number of nitrogens with zero attached hydrogens (tertiary/aromatic N) is 7. The molecule has 0 aromatic carbocycles. The number of pyridine rings is 2. The maximum atomic E-state index is 13.3. The first-order valence-electron chi connectivity index (χ1n) is 12.9. The van der Waals surface area contributed by atoms with Gasteiger partial charge in [0, 0.05) is 35.3 Å². The number of hydrogen-bond acceptors (Lipinski definition) is 9. The van der Waals surface area contributed by atoms with Crippen molar-refractivity contribution < 1.29 is 9.21 Å². The van der Waals surface area contributed by atoms with Crippen LogP contribution in [0.5, 0.6) is 0 Å². The number of fused-ring (bicyclic) bond motifs is 1. The number of nitrogens with two attached hydrogens (primary N) is 1. The van der Waals surface area contributed by atoms with Crippen LogP contribution in [0.4, 0.5) is 5.82 Å². The first-order valence-corrected chi connectivity index (χ1v) is 12.9. The average molecular weight is 524 g/mol. The molecule has 0 unspecified atom stereocenters. The molecular weight excluding hydrogens is 494 g/mol. The highest BCUT2D eigenvalue weighted by Crippen LogP contribution is 2.31. The maximum absolute atomic E-state index is 13.3. The lowest BCUT2D eigenvalue weighted by molar-refractivity contribution is 0.0946. The molecule has 11 heteroatoms. The van der Waals surface area contributed by atoms with Crippen molar-refractivity contribution in [2.45, 2.75) is 32.2 Å². The highest BCUT2D eigenvalue weighted by Gasteiger charge is 2.23. The van der Waals surface area contributed by atoms with E-state index in [2.05, 4.69) is 43.3 Å². The summed E-state index contributed by atoms with van der Waals surface area (Å²) in [5.41, 5.74) is 11.3. The second-order valence-corrected chi connectivity index (χ2v) is 9.85. The van der Waals surface area contributed by atoms with Crippen molar-refractivity contribution in [3.05, 3.63) is 78.0 Å². The van der Waals surface area contributed by atoms with Crippen LogP contribution in [0.25, 0.3) is 28.5 Å². The Balaban J connectivity index is 1.28. The van der Waals surface area contributed by atoms with Gasteiger partial charge in [0.2, 0.25) is 5.89 Å². The van der Waals surface area contributed by atoms with Gasteiger partial charge in [-0.1, -0.05) is 6.07 Å². The van der Waals surface area contributed by atoms with Crippen LogP contribution >= 0.6 is 0 Å². The van der Waals surface area contributed by atoms with Gasteiger partial charge in [-0.2, -0.15) is 0 Å². The molecule has 0 atom stereocenters. The molecule has 3 N–H and O–H groups in total. The Morgan fingerprint density at radius 1 is 1.10 bits per heavy atom. The fourth-order valence-corrected chi connectivity index (χ4v) is 4.93. The lowest BCUT2D eigenvalue weighted by atomic mass is 9.93. The molecule has 39 heavy (non-hydrogen) atoms. The molecule has 0 aliphatic carbocycles. The summed E-state index contributed by atoms with van der Waals surface area (Å²) >= 11 is 0. The number of anilines is 1. The minimum absolute atomic E-state index is 0.0163. The number of oxazole rings is 1. The van der Waals surface area contributed by atoms with E-state index in [1.165, 1.54) is 12.5 Å². The smallest absolute Gasteiger partial charge is 0.274 e. The van der Waals surface area contributed by atoms with Crippen LogP contribution in [-0.2, 0) is 6.54 Å². The highest BCUT2D eigenvalue weighted by molar-refractivity contribution is 5.97. The van der Waals surface area contributed by atoms with Crippen molar-refractivity contribution in [2.24, 2.45) is 0 Å². The molecule has 1 amide bonds. The lowest BCUT2D eigenvalue weighted by Gasteiger charge is -2.28. The normalized spacial score (nSPS) is 14.6. The summed E-state index contributed by atoms with van der Waals surface area (Å²) in [6.45, 7) is 4.33. The Morgan fingerprint density at radius 2 is 1.95 bits per heavy atom. The molecule has 1 aliphatic heterocycles. The minimum atomic E-state index is -0.438. The molecule has 0 radical (unpaired) electrons. The number of nitrogens with one attached hydrogen (secondary N) is 1. The molecule has 5 aromatic rings. The molecule has 198 valence electrons. The first-order chi connectivity index (χ1) is 19.0. The van der Waals surface area contributed by atoms with E-state index in [9.17, 15) is 4.79 Å². The predicted molar refractivity (Wildman–Crippen MR) is 146 cm³/mol. The summed E-state index contributed by atoms with van der Waals surface area (Å²) in [7, 11) is 2.14. The average Bonchev–Trinajstić information content (AvgIpc) is 3.62. The van der Waals surface area contributed by atoms with Crippen LogP contribution in [0.2, 0.25) is 0 Å². The summed E-state index contributed by atoms with van der Waals surface area (Å²) < 4.78 is 7.45. The Morgan fingerprint density at radius 3 is 2.74 bits per heavy atom. The topological polar surface area (TPSA) is 140 Å². The summed E-state index contributed by atoms with van der Waals surface area (Å²) in [5.74, 6) is 0.234. The molecule has 0 bridgehead atoms. The summed E-state index contributed by atoms with van der Waals surface area (Å²) in [5, 5.41) is 2.91.